The number of hydrogen-bond acceptors (Lipinski definition) is 5. The monoisotopic (exact) mass is 372 g/mol. The summed E-state index contributed by atoms with van der Waals surface area (Å²) in [7, 11) is -3.91. The third-order valence-corrected chi connectivity index (χ3v) is 6.34. The van der Waals surface area contributed by atoms with Crippen LogP contribution >= 0.6 is 0 Å². The van der Waals surface area contributed by atoms with Gasteiger partial charge in [0, 0.05) is 5.92 Å². The Kier molecular flexibility index (Phi) is 5.12. The number of hydrogen-bond donors (Lipinski definition) is 3. The van der Waals surface area contributed by atoms with E-state index in [1.807, 2.05) is 37.3 Å². The summed E-state index contributed by atoms with van der Waals surface area (Å²) in [5, 5.41) is 29.3. The number of aliphatic hydroxyl groups excluding tert-OH is 2. The molecule has 0 aromatic heterocycles. The van der Waals surface area contributed by atoms with E-state index in [0.717, 1.165) is 11.1 Å². The second kappa shape index (κ2) is 7.17. The highest BCUT2D eigenvalue weighted by Crippen LogP contribution is 2.37. The fourth-order valence-corrected chi connectivity index (χ4v) is 4.75. The van der Waals surface area contributed by atoms with E-state index in [2.05, 4.69) is 4.72 Å². The topological polar surface area (TPSA) is 110 Å². The summed E-state index contributed by atoms with van der Waals surface area (Å²) >= 11 is 0. The Hall–Kier alpha value is -2.24. The first-order valence-electron chi connectivity index (χ1n) is 8.27. The first-order chi connectivity index (χ1) is 12.3. The molecule has 0 radical (unpaired) electrons. The lowest BCUT2D eigenvalue weighted by Gasteiger charge is -2.24. The van der Waals surface area contributed by atoms with E-state index >= 15 is 0 Å². The lowest BCUT2D eigenvalue weighted by molar-refractivity contribution is 0.0338. The van der Waals surface area contributed by atoms with Gasteiger partial charge in [0.05, 0.1) is 34.8 Å². The zero-order valence-electron chi connectivity index (χ0n) is 14.2. The Morgan fingerprint density at radius 2 is 1.77 bits per heavy atom. The number of aliphatic hydroxyl groups is 2. The molecule has 0 aliphatic heterocycles. The zero-order chi connectivity index (χ0) is 18.9. The van der Waals surface area contributed by atoms with Crippen molar-refractivity contribution in [1.29, 1.82) is 5.26 Å². The van der Waals surface area contributed by atoms with Gasteiger partial charge in [-0.25, -0.2) is 13.1 Å². The molecule has 0 saturated heterocycles. The predicted molar refractivity (Wildman–Crippen MR) is 95.8 cm³/mol. The number of nitriles is 1. The van der Waals surface area contributed by atoms with Gasteiger partial charge in [-0.1, -0.05) is 24.3 Å². The van der Waals surface area contributed by atoms with Gasteiger partial charge in [-0.2, -0.15) is 5.26 Å². The largest absolute Gasteiger partial charge is 0.390 e. The van der Waals surface area contributed by atoms with E-state index in [-0.39, 0.29) is 17.2 Å². The van der Waals surface area contributed by atoms with Gasteiger partial charge in [0.2, 0.25) is 10.0 Å². The molecule has 0 spiro atoms. The summed E-state index contributed by atoms with van der Waals surface area (Å²) in [5.74, 6) is -0.339. The van der Waals surface area contributed by atoms with Crippen LogP contribution < -0.4 is 4.72 Å². The summed E-state index contributed by atoms with van der Waals surface area (Å²) in [6, 6.07) is 14.2. The molecular formula is C19H20N2O4S. The van der Waals surface area contributed by atoms with Crippen molar-refractivity contribution in [3.63, 3.8) is 0 Å². The molecule has 2 aromatic carbocycles. The third kappa shape index (κ3) is 3.50. The van der Waals surface area contributed by atoms with Crippen molar-refractivity contribution in [1.82, 2.24) is 4.72 Å². The first kappa shape index (κ1) is 18.5. The van der Waals surface area contributed by atoms with Gasteiger partial charge in [0.15, 0.2) is 0 Å². The van der Waals surface area contributed by atoms with Crippen molar-refractivity contribution in [2.45, 2.75) is 42.4 Å². The van der Waals surface area contributed by atoms with Crippen LogP contribution in [-0.2, 0) is 10.0 Å². The SMILES string of the molecule is Cc1ccccc1[C@H]1C[C@@H](O)[C@@H](O)[C@@H]1NS(=O)(=O)c1ccc(C#N)cc1. The van der Waals surface area contributed by atoms with Crippen LogP contribution in [0.15, 0.2) is 53.4 Å². The molecule has 0 bridgehead atoms. The number of nitrogens with one attached hydrogen (secondary N) is 1. The standard InChI is InChI=1S/C19H20N2O4S/c1-12-4-2-3-5-15(12)16-10-17(22)19(23)18(16)21-26(24,25)14-8-6-13(11-20)7-9-14/h2-9,16-19,21-23H,10H2,1H3/t16-,17-,18-,19-/m1/s1. The molecule has 7 heteroatoms. The third-order valence-electron chi connectivity index (χ3n) is 4.86. The molecule has 0 heterocycles. The minimum Gasteiger partial charge on any atom is -0.390 e. The Bertz CT molecular complexity index is 935. The highest BCUT2D eigenvalue weighted by Gasteiger charge is 2.44. The second-order valence-corrected chi connectivity index (χ2v) is 8.25. The molecule has 1 saturated carbocycles. The Labute approximate surface area is 152 Å². The van der Waals surface area contributed by atoms with Gasteiger partial charge in [-0.15, -0.1) is 0 Å². The van der Waals surface area contributed by atoms with Gasteiger partial charge in [-0.05, 0) is 48.7 Å². The van der Waals surface area contributed by atoms with E-state index in [1.165, 1.54) is 24.3 Å². The molecule has 3 rings (SSSR count). The van der Waals surface area contributed by atoms with Gasteiger partial charge >= 0.3 is 0 Å². The molecule has 6 nitrogen and oxygen atoms in total. The maximum absolute atomic E-state index is 12.7. The van der Waals surface area contributed by atoms with Crippen LogP contribution in [0.2, 0.25) is 0 Å². The van der Waals surface area contributed by atoms with Crippen LogP contribution in [0.25, 0.3) is 0 Å². The lowest BCUT2D eigenvalue weighted by Crippen LogP contribution is -2.45. The van der Waals surface area contributed by atoms with Crippen LogP contribution in [0, 0.1) is 18.3 Å². The Balaban J connectivity index is 1.92. The summed E-state index contributed by atoms with van der Waals surface area (Å²) < 4.78 is 28.0. The maximum atomic E-state index is 12.7. The normalized spacial score (nSPS) is 25.8. The molecule has 1 aliphatic carbocycles. The molecule has 136 valence electrons. The van der Waals surface area contributed by atoms with E-state index in [1.54, 1.807) is 0 Å². The van der Waals surface area contributed by atoms with Crippen LogP contribution in [0.4, 0.5) is 0 Å². The van der Waals surface area contributed by atoms with Gasteiger partial charge < -0.3 is 10.2 Å². The van der Waals surface area contributed by atoms with E-state index in [0.29, 0.717) is 5.56 Å². The minimum absolute atomic E-state index is 0.00798. The molecule has 1 aliphatic rings. The summed E-state index contributed by atoms with van der Waals surface area (Å²) in [6.07, 6.45) is -1.94. The fourth-order valence-electron chi connectivity index (χ4n) is 3.45. The van der Waals surface area contributed by atoms with Crippen molar-refractivity contribution in [3.8, 4) is 6.07 Å². The molecule has 26 heavy (non-hydrogen) atoms. The molecule has 3 N–H and O–H groups in total. The van der Waals surface area contributed by atoms with E-state index < -0.39 is 28.3 Å². The summed E-state index contributed by atoms with van der Waals surface area (Å²) in [4.78, 5) is 0.00798. The van der Waals surface area contributed by atoms with Gasteiger partial charge in [0.1, 0.15) is 0 Å². The lowest BCUT2D eigenvalue weighted by atomic mass is 9.91. The number of aryl methyl sites for hydroxylation is 1. The van der Waals surface area contributed by atoms with E-state index in [4.69, 9.17) is 5.26 Å². The number of benzene rings is 2. The molecular weight excluding hydrogens is 352 g/mol. The highest BCUT2D eigenvalue weighted by atomic mass is 32.2. The average molecular weight is 372 g/mol. The first-order valence-corrected chi connectivity index (χ1v) is 9.76. The van der Waals surface area contributed by atoms with Crippen molar-refractivity contribution < 1.29 is 18.6 Å². The van der Waals surface area contributed by atoms with Crippen LogP contribution in [0.1, 0.15) is 29.0 Å². The predicted octanol–water partition coefficient (Wildman–Crippen LogP) is 1.42. The van der Waals surface area contributed by atoms with Crippen LogP contribution in [0.5, 0.6) is 0 Å². The summed E-state index contributed by atoms with van der Waals surface area (Å²) in [6.45, 7) is 1.92. The van der Waals surface area contributed by atoms with Gasteiger partial charge in [0.25, 0.3) is 0 Å². The van der Waals surface area contributed by atoms with Gasteiger partial charge in [-0.3, -0.25) is 0 Å². The summed E-state index contributed by atoms with van der Waals surface area (Å²) in [5.41, 5.74) is 2.23. The van der Waals surface area contributed by atoms with Crippen molar-refractivity contribution >= 4 is 10.0 Å². The minimum atomic E-state index is -3.91. The molecule has 0 unspecified atom stereocenters. The fraction of sp³-hybridized carbons (Fsp3) is 0.316. The molecule has 0 amide bonds. The number of sulfonamides is 1. The second-order valence-electron chi connectivity index (χ2n) is 6.54. The molecule has 4 atom stereocenters. The van der Waals surface area contributed by atoms with Crippen molar-refractivity contribution in [2.75, 3.05) is 0 Å². The Morgan fingerprint density at radius 3 is 2.38 bits per heavy atom. The maximum Gasteiger partial charge on any atom is 0.240 e. The van der Waals surface area contributed by atoms with Crippen LogP contribution in [-0.4, -0.2) is 36.9 Å². The smallest absolute Gasteiger partial charge is 0.240 e. The molecule has 1 fully saturated rings. The molecule has 2 aromatic rings. The number of rotatable bonds is 4. The van der Waals surface area contributed by atoms with Crippen molar-refractivity contribution in [3.05, 3.63) is 65.2 Å². The van der Waals surface area contributed by atoms with E-state index in [9.17, 15) is 18.6 Å². The Morgan fingerprint density at radius 1 is 1.12 bits per heavy atom. The zero-order valence-corrected chi connectivity index (χ0v) is 15.0. The van der Waals surface area contributed by atoms with Crippen molar-refractivity contribution in [2.24, 2.45) is 0 Å². The average Bonchev–Trinajstić information content (AvgIpc) is 2.90. The highest BCUT2D eigenvalue weighted by molar-refractivity contribution is 7.89. The number of nitrogens with zero attached hydrogens (tertiary/aromatic N) is 1. The quantitative estimate of drug-likeness (QED) is 0.752. The van der Waals surface area contributed by atoms with Crippen LogP contribution in [0.3, 0.4) is 0 Å².